The summed E-state index contributed by atoms with van der Waals surface area (Å²) in [5, 5.41) is 24.5. The van der Waals surface area contributed by atoms with Crippen molar-refractivity contribution in [3.63, 3.8) is 0 Å². The molecule has 1 saturated heterocycles. The first-order valence-electron chi connectivity index (χ1n) is 11.6. The third kappa shape index (κ3) is 5.35. The Morgan fingerprint density at radius 3 is 2.78 bits per heavy atom. The number of carboxylic acid groups (broad SMARTS) is 2. The van der Waals surface area contributed by atoms with Crippen molar-refractivity contribution in [1.82, 2.24) is 20.2 Å². The Kier molecular flexibility index (Phi) is 7.45. The number of fused-ring (bicyclic) bond motifs is 2. The van der Waals surface area contributed by atoms with E-state index in [1.807, 2.05) is 0 Å². The highest BCUT2D eigenvalue weighted by Crippen LogP contribution is 2.40. The van der Waals surface area contributed by atoms with Gasteiger partial charge in [0, 0.05) is 17.4 Å². The van der Waals surface area contributed by atoms with Crippen molar-refractivity contribution in [2.75, 3.05) is 17.2 Å². The second kappa shape index (κ2) is 10.9. The molecule has 16 nitrogen and oxygen atoms in total. The SMILES string of the molecule is C[C@H](ON=C(C(=O)N[C@@H]1C(=O)N2C(C(=O)O)=C(C[n+]3ccc4oc(N)nc4c3)CSC12)c1nc(N)sc1Cl)C(=O)O. The van der Waals surface area contributed by atoms with Crippen LogP contribution >= 0.6 is 34.7 Å². The Labute approximate surface area is 242 Å². The van der Waals surface area contributed by atoms with Crippen LogP contribution in [0.1, 0.15) is 12.6 Å². The summed E-state index contributed by atoms with van der Waals surface area (Å²) >= 11 is 8.23. The minimum atomic E-state index is -1.41. The molecule has 0 bridgehead atoms. The minimum absolute atomic E-state index is 0.00444. The van der Waals surface area contributed by atoms with Crippen LogP contribution in [0.2, 0.25) is 4.34 Å². The summed E-state index contributed by atoms with van der Waals surface area (Å²) in [5.41, 5.74) is 11.8. The molecule has 0 radical (unpaired) electrons. The van der Waals surface area contributed by atoms with Crippen molar-refractivity contribution >= 4 is 86.4 Å². The Balaban J connectivity index is 1.37. The van der Waals surface area contributed by atoms with Gasteiger partial charge < -0.3 is 36.3 Å². The van der Waals surface area contributed by atoms with Crippen LogP contribution < -0.4 is 21.4 Å². The fraction of sp³-hybridized carbons (Fsp3) is 0.273. The van der Waals surface area contributed by atoms with E-state index in [0.717, 1.165) is 16.2 Å². The van der Waals surface area contributed by atoms with E-state index in [0.29, 0.717) is 16.7 Å². The number of carboxylic acids is 2. The first-order valence-corrected chi connectivity index (χ1v) is 13.8. The lowest BCUT2D eigenvalue weighted by molar-refractivity contribution is -0.687. The van der Waals surface area contributed by atoms with E-state index < -0.39 is 47.0 Å². The lowest BCUT2D eigenvalue weighted by atomic mass is 10.0. The molecule has 5 heterocycles. The maximum atomic E-state index is 13.2. The zero-order chi connectivity index (χ0) is 29.6. The molecule has 41 heavy (non-hydrogen) atoms. The van der Waals surface area contributed by atoms with Crippen molar-refractivity contribution in [2.45, 2.75) is 31.0 Å². The summed E-state index contributed by atoms with van der Waals surface area (Å²) < 4.78 is 6.94. The number of thiazole rings is 1. The third-order valence-corrected chi connectivity index (χ3v) is 8.43. The molecule has 214 valence electrons. The van der Waals surface area contributed by atoms with Gasteiger partial charge in [-0.15, -0.1) is 11.8 Å². The van der Waals surface area contributed by atoms with E-state index in [-0.39, 0.29) is 39.2 Å². The molecule has 0 saturated carbocycles. The number of halogens is 1. The van der Waals surface area contributed by atoms with Gasteiger partial charge in [0.05, 0.1) is 0 Å². The lowest BCUT2D eigenvalue weighted by Gasteiger charge is -2.49. The summed E-state index contributed by atoms with van der Waals surface area (Å²) in [5.74, 6) is -4.02. The summed E-state index contributed by atoms with van der Waals surface area (Å²) in [6.07, 6.45) is 1.90. The molecule has 3 aromatic heterocycles. The molecule has 3 aromatic rings. The first kappa shape index (κ1) is 28.1. The van der Waals surface area contributed by atoms with Gasteiger partial charge in [-0.1, -0.05) is 28.1 Å². The van der Waals surface area contributed by atoms with Gasteiger partial charge in [0.1, 0.15) is 27.1 Å². The van der Waals surface area contributed by atoms with Gasteiger partial charge in [0.15, 0.2) is 40.9 Å². The average Bonchev–Trinajstić information content (AvgIpc) is 3.45. The van der Waals surface area contributed by atoms with Crippen LogP contribution in [-0.2, 0) is 30.6 Å². The molecule has 0 spiro atoms. The Hall–Kier alpha value is -4.42. The number of anilines is 2. The summed E-state index contributed by atoms with van der Waals surface area (Å²) in [6, 6.07) is 0.513. The molecule has 0 aliphatic carbocycles. The molecule has 7 N–H and O–H groups in total. The van der Waals surface area contributed by atoms with Gasteiger partial charge in [0.25, 0.3) is 17.8 Å². The van der Waals surface area contributed by atoms with Gasteiger partial charge in [-0.2, -0.15) is 9.55 Å². The number of hydrogen-bond acceptors (Lipinski definition) is 13. The number of carbonyl (C=O) groups is 4. The van der Waals surface area contributed by atoms with E-state index in [4.69, 9.17) is 37.4 Å². The fourth-order valence-electron chi connectivity index (χ4n) is 4.10. The number of rotatable bonds is 9. The smallest absolute Gasteiger partial charge is 0.352 e. The van der Waals surface area contributed by atoms with Crippen molar-refractivity contribution in [2.24, 2.45) is 5.16 Å². The van der Waals surface area contributed by atoms with Gasteiger partial charge in [0.2, 0.25) is 6.10 Å². The monoisotopic (exact) mass is 623 g/mol. The van der Waals surface area contributed by atoms with Crippen LogP contribution in [0.4, 0.5) is 11.1 Å². The number of aliphatic carboxylic acids is 2. The van der Waals surface area contributed by atoms with Crippen LogP contribution in [0.5, 0.6) is 0 Å². The lowest BCUT2D eigenvalue weighted by Crippen LogP contribution is -2.71. The zero-order valence-electron chi connectivity index (χ0n) is 20.8. The number of hydrogen-bond donors (Lipinski definition) is 5. The predicted octanol–water partition coefficient (Wildman–Crippen LogP) is 0.0222. The highest BCUT2D eigenvalue weighted by molar-refractivity contribution is 8.00. The Bertz CT molecular complexity index is 1670. The van der Waals surface area contributed by atoms with Crippen LogP contribution in [0.3, 0.4) is 0 Å². The van der Waals surface area contributed by atoms with E-state index in [9.17, 15) is 24.3 Å². The topological polar surface area (TPSA) is 240 Å². The number of amides is 2. The number of oxazole rings is 1. The summed E-state index contributed by atoms with van der Waals surface area (Å²) in [4.78, 5) is 63.8. The largest absolute Gasteiger partial charge is 0.478 e. The number of oxime groups is 1. The number of nitrogens with two attached hydrogens (primary N) is 2. The van der Waals surface area contributed by atoms with Crippen molar-refractivity contribution in [1.29, 1.82) is 0 Å². The number of aromatic nitrogens is 3. The molecule has 2 amide bonds. The molecule has 19 heteroatoms. The number of nitrogens with one attached hydrogen (secondary N) is 1. The number of nitrogen functional groups attached to an aromatic ring is 2. The van der Waals surface area contributed by atoms with Crippen LogP contribution in [0, 0.1) is 0 Å². The van der Waals surface area contributed by atoms with E-state index in [2.05, 4.69) is 20.4 Å². The number of carbonyl (C=O) groups excluding carboxylic acids is 2. The number of nitrogens with zero attached hydrogens (tertiary/aromatic N) is 5. The van der Waals surface area contributed by atoms with Gasteiger partial charge in [-0.3, -0.25) is 14.5 Å². The maximum absolute atomic E-state index is 13.2. The molecule has 5 rings (SSSR count). The molecular formula is C22H20ClN8O8S2+. The first-order chi connectivity index (χ1) is 19.4. The highest BCUT2D eigenvalue weighted by Gasteiger charge is 2.55. The van der Waals surface area contributed by atoms with Crippen LogP contribution in [-0.4, -0.2) is 77.8 Å². The molecule has 2 aliphatic rings. The van der Waals surface area contributed by atoms with E-state index in [1.54, 1.807) is 23.0 Å². The van der Waals surface area contributed by atoms with E-state index >= 15 is 0 Å². The van der Waals surface area contributed by atoms with Crippen LogP contribution in [0.15, 0.2) is 39.3 Å². The summed E-state index contributed by atoms with van der Waals surface area (Å²) in [6.45, 7) is 1.34. The number of pyridine rings is 1. The predicted molar refractivity (Wildman–Crippen MR) is 145 cm³/mol. The van der Waals surface area contributed by atoms with Crippen molar-refractivity contribution < 1.29 is 43.2 Å². The highest BCUT2D eigenvalue weighted by atomic mass is 35.5. The maximum Gasteiger partial charge on any atom is 0.352 e. The quantitative estimate of drug-likeness (QED) is 0.0915. The fourth-order valence-corrected chi connectivity index (χ4v) is 6.37. The Morgan fingerprint density at radius 2 is 2.12 bits per heavy atom. The van der Waals surface area contributed by atoms with Crippen LogP contribution in [0.25, 0.3) is 11.1 Å². The second-order valence-corrected chi connectivity index (χ2v) is 11.5. The molecular weight excluding hydrogens is 604 g/mol. The average molecular weight is 624 g/mol. The zero-order valence-corrected chi connectivity index (χ0v) is 23.2. The molecule has 1 unspecified atom stereocenters. The van der Waals surface area contributed by atoms with Crippen molar-refractivity contribution in [3.05, 3.63) is 39.8 Å². The molecule has 0 aromatic carbocycles. The van der Waals surface area contributed by atoms with Gasteiger partial charge >= 0.3 is 11.9 Å². The number of thioether (sulfide) groups is 1. The molecule has 1 fully saturated rings. The standard InChI is InChI=1S/C22H19ClN8O8S2/c1-7(19(34)35)39-29-12(11-15(23)41-22(25)28-11)16(32)27-13-17(33)31-14(20(36)37)8(6-40-18(13)31)4-30-3-2-10-9(5-30)26-21(24)38-10/h2-3,5,7,13,18H,4,6H2,1H3,(H6-,24,25,26,27,28,32,34,35,36,37)/p+1/t7-,13+,18?/m0/s1. The number of β-lactam (4-membered cyclic amide) rings is 1. The Morgan fingerprint density at radius 1 is 1.37 bits per heavy atom. The third-order valence-electron chi connectivity index (χ3n) is 6.00. The van der Waals surface area contributed by atoms with Gasteiger partial charge in [-0.25, -0.2) is 14.6 Å². The minimum Gasteiger partial charge on any atom is -0.478 e. The van der Waals surface area contributed by atoms with E-state index in [1.165, 1.54) is 18.7 Å². The molecule has 2 aliphatic heterocycles. The summed E-state index contributed by atoms with van der Waals surface area (Å²) in [7, 11) is 0. The normalized spacial score (nSPS) is 19.5. The molecule has 3 atom stereocenters. The van der Waals surface area contributed by atoms with Crippen molar-refractivity contribution in [3.8, 4) is 0 Å². The second-order valence-electron chi connectivity index (χ2n) is 8.74. The van der Waals surface area contributed by atoms with Gasteiger partial charge in [-0.05, 0) is 6.92 Å².